The van der Waals surface area contributed by atoms with E-state index in [1.165, 1.54) is 14.0 Å². The maximum Gasteiger partial charge on any atom is 0.453 e. The number of anilines is 1. The number of benzene rings is 1. The molecule has 118 valence electrons. The zero-order valence-electron chi connectivity index (χ0n) is 11.8. The van der Waals surface area contributed by atoms with Gasteiger partial charge in [0.05, 0.1) is 7.11 Å². The molecular formula is C13H13F3N4O2. The Bertz CT molecular complexity index is 665. The van der Waals surface area contributed by atoms with E-state index in [4.69, 9.17) is 4.74 Å². The largest absolute Gasteiger partial charge is 0.497 e. The molecule has 0 radical (unpaired) electrons. The van der Waals surface area contributed by atoms with Gasteiger partial charge in [0.2, 0.25) is 5.91 Å². The van der Waals surface area contributed by atoms with Gasteiger partial charge in [-0.05, 0) is 31.2 Å². The van der Waals surface area contributed by atoms with Gasteiger partial charge in [-0.15, -0.1) is 5.10 Å². The fourth-order valence-electron chi connectivity index (χ4n) is 1.70. The van der Waals surface area contributed by atoms with E-state index in [-0.39, 0.29) is 12.4 Å². The third-order valence-corrected chi connectivity index (χ3v) is 2.78. The number of amides is 1. The van der Waals surface area contributed by atoms with Gasteiger partial charge >= 0.3 is 6.18 Å². The van der Waals surface area contributed by atoms with Crippen molar-refractivity contribution in [3.05, 3.63) is 35.9 Å². The Kier molecular flexibility index (Phi) is 4.34. The first-order valence-corrected chi connectivity index (χ1v) is 6.22. The van der Waals surface area contributed by atoms with Crippen LogP contribution in [0.4, 0.5) is 18.9 Å². The van der Waals surface area contributed by atoms with Gasteiger partial charge in [-0.3, -0.25) is 4.79 Å². The van der Waals surface area contributed by atoms with E-state index < -0.39 is 17.9 Å². The lowest BCUT2D eigenvalue weighted by molar-refractivity contribution is -0.145. The van der Waals surface area contributed by atoms with Crippen LogP contribution in [0.5, 0.6) is 5.75 Å². The summed E-state index contributed by atoms with van der Waals surface area (Å²) < 4.78 is 43.3. The minimum atomic E-state index is -4.64. The first-order chi connectivity index (χ1) is 10.3. The van der Waals surface area contributed by atoms with Crippen LogP contribution in [-0.2, 0) is 17.5 Å². The SMILES string of the molecule is COc1ccc(NC(=O)Cn2nc(C(F)(F)F)nc2C)cc1. The quantitative estimate of drug-likeness (QED) is 0.940. The normalized spacial score (nSPS) is 11.3. The van der Waals surface area contributed by atoms with Crippen LogP contribution < -0.4 is 10.1 Å². The lowest BCUT2D eigenvalue weighted by Crippen LogP contribution is -2.20. The lowest BCUT2D eigenvalue weighted by atomic mass is 10.3. The Morgan fingerprint density at radius 3 is 2.45 bits per heavy atom. The molecular weight excluding hydrogens is 301 g/mol. The molecule has 0 atom stereocenters. The van der Waals surface area contributed by atoms with E-state index in [9.17, 15) is 18.0 Å². The van der Waals surface area contributed by atoms with Crippen molar-refractivity contribution in [3.8, 4) is 5.75 Å². The molecule has 0 bridgehead atoms. The van der Waals surface area contributed by atoms with Crippen LogP contribution in [0.3, 0.4) is 0 Å². The molecule has 6 nitrogen and oxygen atoms in total. The number of rotatable bonds is 4. The van der Waals surface area contributed by atoms with Crippen molar-refractivity contribution >= 4 is 11.6 Å². The molecule has 2 aromatic rings. The Labute approximate surface area is 123 Å². The van der Waals surface area contributed by atoms with Crippen LogP contribution in [0, 0.1) is 6.92 Å². The van der Waals surface area contributed by atoms with E-state index in [2.05, 4.69) is 15.4 Å². The van der Waals surface area contributed by atoms with Crippen molar-refractivity contribution in [2.75, 3.05) is 12.4 Å². The summed E-state index contributed by atoms with van der Waals surface area (Å²) in [6.45, 7) is 0.990. The molecule has 0 saturated heterocycles. The Morgan fingerprint density at radius 2 is 1.95 bits per heavy atom. The summed E-state index contributed by atoms with van der Waals surface area (Å²) in [5.41, 5.74) is 0.500. The van der Waals surface area contributed by atoms with Crippen LogP contribution in [0.1, 0.15) is 11.6 Å². The predicted octanol–water partition coefficient (Wildman–Crippen LogP) is 2.25. The van der Waals surface area contributed by atoms with Gasteiger partial charge < -0.3 is 10.1 Å². The van der Waals surface area contributed by atoms with E-state index in [1.54, 1.807) is 24.3 Å². The molecule has 1 amide bonds. The van der Waals surface area contributed by atoms with Crippen LogP contribution in [0.15, 0.2) is 24.3 Å². The minimum absolute atomic E-state index is 0.0113. The highest BCUT2D eigenvalue weighted by molar-refractivity contribution is 5.90. The zero-order chi connectivity index (χ0) is 16.3. The second-order valence-electron chi connectivity index (χ2n) is 4.41. The molecule has 0 aliphatic heterocycles. The highest BCUT2D eigenvalue weighted by atomic mass is 19.4. The van der Waals surface area contributed by atoms with Crippen LogP contribution in [-0.4, -0.2) is 27.8 Å². The molecule has 1 aromatic heterocycles. The van der Waals surface area contributed by atoms with E-state index >= 15 is 0 Å². The first-order valence-electron chi connectivity index (χ1n) is 6.22. The van der Waals surface area contributed by atoms with Gasteiger partial charge in [-0.25, -0.2) is 9.67 Å². The van der Waals surface area contributed by atoms with E-state index in [0.717, 1.165) is 4.68 Å². The fraction of sp³-hybridized carbons (Fsp3) is 0.308. The summed E-state index contributed by atoms with van der Waals surface area (Å²) in [5.74, 6) is -1.13. The van der Waals surface area contributed by atoms with Gasteiger partial charge in [0.1, 0.15) is 18.1 Å². The molecule has 1 aromatic carbocycles. The summed E-state index contributed by atoms with van der Waals surface area (Å²) in [5, 5.41) is 5.84. The van der Waals surface area contributed by atoms with Crippen molar-refractivity contribution in [2.45, 2.75) is 19.6 Å². The second-order valence-corrected chi connectivity index (χ2v) is 4.41. The molecule has 2 rings (SSSR count). The molecule has 0 spiro atoms. The Balaban J connectivity index is 2.04. The number of nitrogens with one attached hydrogen (secondary N) is 1. The van der Waals surface area contributed by atoms with Crippen LogP contribution in [0.2, 0.25) is 0 Å². The van der Waals surface area contributed by atoms with E-state index in [0.29, 0.717) is 11.4 Å². The maximum atomic E-state index is 12.5. The summed E-state index contributed by atoms with van der Waals surface area (Å²) in [4.78, 5) is 15.1. The number of alkyl halides is 3. The van der Waals surface area contributed by atoms with E-state index in [1.807, 2.05) is 0 Å². The number of ether oxygens (including phenoxy) is 1. The number of halogens is 3. The first kappa shape index (κ1) is 15.8. The topological polar surface area (TPSA) is 69.0 Å². The van der Waals surface area contributed by atoms with Crippen molar-refractivity contribution in [3.63, 3.8) is 0 Å². The van der Waals surface area contributed by atoms with Crippen molar-refractivity contribution < 1.29 is 22.7 Å². The van der Waals surface area contributed by atoms with Crippen LogP contribution >= 0.6 is 0 Å². The minimum Gasteiger partial charge on any atom is -0.497 e. The highest BCUT2D eigenvalue weighted by Gasteiger charge is 2.36. The molecule has 0 unspecified atom stereocenters. The third kappa shape index (κ3) is 3.74. The number of aryl methyl sites for hydroxylation is 1. The second kappa shape index (κ2) is 6.04. The van der Waals surface area contributed by atoms with Crippen molar-refractivity contribution in [2.24, 2.45) is 0 Å². The molecule has 0 aliphatic rings. The average molecular weight is 314 g/mol. The molecule has 1 N–H and O–H groups in total. The Morgan fingerprint density at radius 1 is 1.32 bits per heavy atom. The molecule has 0 saturated carbocycles. The zero-order valence-corrected chi connectivity index (χ0v) is 11.8. The standard InChI is InChI=1S/C13H13F3N4O2/c1-8-17-12(13(14,15)16)19-20(8)7-11(21)18-9-3-5-10(22-2)6-4-9/h3-6H,7H2,1-2H3,(H,18,21). The summed E-state index contributed by atoms with van der Waals surface area (Å²) >= 11 is 0. The monoisotopic (exact) mass is 314 g/mol. The number of carbonyl (C=O) groups excluding carboxylic acids is 1. The molecule has 9 heteroatoms. The summed E-state index contributed by atoms with van der Waals surface area (Å²) in [7, 11) is 1.51. The van der Waals surface area contributed by atoms with Crippen LogP contribution in [0.25, 0.3) is 0 Å². The average Bonchev–Trinajstić information content (AvgIpc) is 2.81. The summed E-state index contributed by atoms with van der Waals surface area (Å²) in [6, 6.07) is 6.54. The number of hydrogen-bond donors (Lipinski definition) is 1. The maximum absolute atomic E-state index is 12.5. The van der Waals surface area contributed by atoms with Gasteiger partial charge in [0.15, 0.2) is 0 Å². The number of aromatic nitrogens is 3. The van der Waals surface area contributed by atoms with Crippen molar-refractivity contribution in [1.29, 1.82) is 0 Å². The number of carbonyl (C=O) groups is 1. The number of hydrogen-bond acceptors (Lipinski definition) is 4. The summed E-state index contributed by atoms with van der Waals surface area (Å²) in [6.07, 6.45) is -4.64. The highest BCUT2D eigenvalue weighted by Crippen LogP contribution is 2.26. The van der Waals surface area contributed by atoms with Gasteiger partial charge in [0, 0.05) is 5.69 Å². The molecule has 0 aliphatic carbocycles. The lowest BCUT2D eigenvalue weighted by Gasteiger charge is -2.07. The molecule has 22 heavy (non-hydrogen) atoms. The fourth-order valence-corrected chi connectivity index (χ4v) is 1.70. The predicted molar refractivity (Wildman–Crippen MR) is 71.4 cm³/mol. The smallest absolute Gasteiger partial charge is 0.453 e. The van der Waals surface area contributed by atoms with Gasteiger partial charge in [-0.2, -0.15) is 13.2 Å². The van der Waals surface area contributed by atoms with Gasteiger partial charge in [-0.1, -0.05) is 0 Å². The molecule has 1 heterocycles. The number of methoxy groups -OCH3 is 1. The Hall–Kier alpha value is -2.58. The number of nitrogens with zero attached hydrogens (tertiary/aromatic N) is 3. The van der Waals surface area contributed by atoms with Gasteiger partial charge in [0.25, 0.3) is 5.82 Å². The molecule has 0 fully saturated rings. The third-order valence-electron chi connectivity index (χ3n) is 2.78. The van der Waals surface area contributed by atoms with Crippen molar-refractivity contribution in [1.82, 2.24) is 14.8 Å².